The Labute approximate surface area is 100 Å². The Morgan fingerprint density at radius 3 is 1.31 bits per heavy atom. The SMILES string of the molecule is CC(C)(C)N(P=C(Br)Br)C(C)(C)C. The lowest BCUT2D eigenvalue weighted by Gasteiger charge is -2.42. The minimum absolute atomic E-state index is 0.173. The first kappa shape index (κ1) is 14.1. The van der Waals surface area contributed by atoms with E-state index in [9.17, 15) is 0 Å². The topological polar surface area (TPSA) is 3.24 Å². The zero-order valence-corrected chi connectivity index (χ0v) is 13.2. The van der Waals surface area contributed by atoms with Gasteiger partial charge in [-0.3, -0.25) is 0 Å². The van der Waals surface area contributed by atoms with Gasteiger partial charge in [-0.25, -0.2) is 4.67 Å². The molecule has 0 aliphatic heterocycles. The number of rotatable bonds is 1. The minimum atomic E-state index is 0.173. The molecule has 0 amide bonds. The normalized spacial score (nSPS) is 13.9. The lowest BCUT2D eigenvalue weighted by molar-refractivity contribution is 0.154. The Morgan fingerprint density at radius 2 is 1.23 bits per heavy atom. The van der Waals surface area contributed by atoms with E-state index in [0.717, 1.165) is 3.11 Å². The van der Waals surface area contributed by atoms with E-state index in [1.54, 1.807) is 0 Å². The number of hydrogen-bond donors (Lipinski definition) is 0. The van der Waals surface area contributed by atoms with Crippen LogP contribution in [-0.2, 0) is 0 Å². The second-order valence-corrected chi connectivity index (χ2v) is 9.92. The molecule has 0 aromatic rings. The summed E-state index contributed by atoms with van der Waals surface area (Å²) in [7, 11) is 1.18. The third-order valence-corrected chi connectivity index (χ3v) is 3.95. The van der Waals surface area contributed by atoms with Crippen molar-refractivity contribution in [1.29, 1.82) is 0 Å². The summed E-state index contributed by atoms with van der Waals surface area (Å²) < 4.78 is 3.49. The van der Waals surface area contributed by atoms with Crippen LogP contribution in [0.25, 0.3) is 0 Å². The zero-order valence-electron chi connectivity index (χ0n) is 9.15. The quantitative estimate of drug-likeness (QED) is 0.634. The van der Waals surface area contributed by atoms with Gasteiger partial charge in [-0.05, 0) is 73.4 Å². The van der Waals surface area contributed by atoms with Crippen molar-refractivity contribution in [2.24, 2.45) is 0 Å². The van der Waals surface area contributed by atoms with Crippen LogP contribution < -0.4 is 0 Å². The Morgan fingerprint density at radius 1 is 0.923 bits per heavy atom. The largest absolute Gasteiger partial charge is 0.245 e. The van der Waals surface area contributed by atoms with Crippen molar-refractivity contribution in [2.45, 2.75) is 52.6 Å². The van der Waals surface area contributed by atoms with E-state index in [1.165, 1.54) is 8.35 Å². The molecule has 0 spiro atoms. The van der Waals surface area contributed by atoms with Crippen LogP contribution in [-0.4, -0.2) is 18.9 Å². The molecular formula is C9H18Br2NP. The van der Waals surface area contributed by atoms with E-state index in [1.807, 2.05) is 0 Å². The van der Waals surface area contributed by atoms with Gasteiger partial charge in [0.1, 0.15) is 0 Å². The van der Waals surface area contributed by atoms with E-state index < -0.39 is 0 Å². The Balaban J connectivity index is 4.90. The molecule has 0 aliphatic rings. The van der Waals surface area contributed by atoms with Crippen LogP contribution in [0.1, 0.15) is 41.5 Å². The van der Waals surface area contributed by atoms with Crippen molar-refractivity contribution < 1.29 is 0 Å². The average molecular weight is 331 g/mol. The van der Waals surface area contributed by atoms with Crippen LogP contribution in [0.3, 0.4) is 0 Å². The summed E-state index contributed by atoms with van der Waals surface area (Å²) in [5.74, 6) is 0. The lowest BCUT2D eigenvalue weighted by Crippen LogP contribution is -2.46. The number of halogens is 2. The molecule has 0 saturated carbocycles. The van der Waals surface area contributed by atoms with Crippen LogP contribution >= 0.6 is 40.2 Å². The Kier molecular flexibility index (Phi) is 5.14. The fourth-order valence-corrected chi connectivity index (χ4v) is 3.08. The maximum Gasteiger partial charge on any atom is 0.0987 e. The van der Waals surface area contributed by atoms with Crippen LogP contribution in [0.5, 0.6) is 0 Å². The van der Waals surface area contributed by atoms with Crippen LogP contribution in [0.2, 0.25) is 0 Å². The van der Waals surface area contributed by atoms with Gasteiger partial charge in [0, 0.05) is 19.4 Å². The molecule has 13 heavy (non-hydrogen) atoms. The van der Waals surface area contributed by atoms with E-state index in [4.69, 9.17) is 0 Å². The van der Waals surface area contributed by atoms with Gasteiger partial charge in [-0.15, -0.1) is 0 Å². The fraction of sp³-hybridized carbons (Fsp3) is 0.889. The second kappa shape index (κ2) is 4.74. The van der Waals surface area contributed by atoms with Crippen LogP contribution in [0.4, 0.5) is 0 Å². The maximum absolute atomic E-state index is 3.44. The summed E-state index contributed by atoms with van der Waals surface area (Å²) in [4.78, 5) is 0. The Hall–Kier alpha value is 1.09. The monoisotopic (exact) mass is 329 g/mol. The minimum Gasteiger partial charge on any atom is -0.245 e. The van der Waals surface area contributed by atoms with Crippen molar-refractivity contribution >= 4 is 43.3 Å². The highest BCUT2D eigenvalue weighted by Crippen LogP contribution is 2.34. The molecule has 0 aromatic heterocycles. The maximum atomic E-state index is 3.44. The summed E-state index contributed by atoms with van der Waals surface area (Å²) >= 11 is 6.88. The van der Waals surface area contributed by atoms with Gasteiger partial charge in [-0.1, -0.05) is 0 Å². The van der Waals surface area contributed by atoms with Crippen LogP contribution in [0.15, 0.2) is 0 Å². The van der Waals surface area contributed by atoms with Gasteiger partial charge < -0.3 is 0 Å². The van der Waals surface area contributed by atoms with Crippen molar-refractivity contribution in [1.82, 2.24) is 4.67 Å². The molecular weight excluding hydrogens is 313 g/mol. The van der Waals surface area contributed by atoms with Crippen molar-refractivity contribution in [3.63, 3.8) is 0 Å². The van der Waals surface area contributed by atoms with Gasteiger partial charge >= 0.3 is 0 Å². The van der Waals surface area contributed by atoms with E-state index in [2.05, 4.69) is 78.1 Å². The molecule has 0 atom stereocenters. The highest BCUT2D eigenvalue weighted by atomic mass is 79.9. The first-order valence-electron chi connectivity index (χ1n) is 4.25. The lowest BCUT2D eigenvalue weighted by atomic mass is 10.0. The first-order chi connectivity index (χ1) is 5.55. The summed E-state index contributed by atoms with van der Waals surface area (Å²) in [6.07, 6.45) is 0. The Bertz CT molecular complexity index is 183. The average Bonchev–Trinajstić information content (AvgIpc) is 1.77. The molecule has 0 rings (SSSR count). The molecule has 0 radical (unpaired) electrons. The summed E-state index contributed by atoms with van der Waals surface area (Å²) in [6.45, 7) is 13.4. The number of hydrogen-bond acceptors (Lipinski definition) is 1. The summed E-state index contributed by atoms with van der Waals surface area (Å²) in [5.41, 5.74) is 0.346. The summed E-state index contributed by atoms with van der Waals surface area (Å²) in [6, 6.07) is 0. The molecule has 1 nitrogen and oxygen atoms in total. The van der Waals surface area contributed by atoms with Crippen molar-refractivity contribution in [3.8, 4) is 0 Å². The predicted octanol–water partition coefficient (Wildman–Crippen LogP) is 4.62. The zero-order chi connectivity index (χ0) is 10.9. The second-order valence-electron chi connectivity index (χ2n) is 4.99. The van der Waals surface area contributed by atoms with Gasteiger partial charge in [-0.2, -0.15) is 0 Å². The standard InChI is InChI=1S/C9H18Br2NP/c1-8(2,3)12(9(4,5)6)13-7(10)11/h1-6H3. The number of nitrogens with zero attached hydrogens (tertiary/aromatic N) is 1. The van der Waals surface area contributed by atoms with E-state index in [0.29, 0.717) is 0 Å². The van der Waals surface area contributed by atoms with Crippen molar-refractivity contribution in [2.75, 3.05) is 0 Å². The fourth-order valence-electron chi connectivity index (χ4n) is 1.38. The van der Waals surface area contributed by atoms with Gasteiger partial charge in [0.25, 0.3) is 0 Å². The molecule has 0 unspecified atom stereocenters. The summed E-state index contributed by atoms with van der Waals surface area (Å²) in [5, 5.41) is 0. The van der Waals surface area contributed by atoms with Crippen LogP contribution in [0, 0.1) is 0 Å². The third kappa shape index (κ3) is 5.51. The van der Waals surface area contributed by atoms with Gasteiger partial charge in [0.2, 0.25) is 0 Å². The molecule has 0 bridgehead atoms. The molecule has 0 aliphatic carbocycles. The smallest absolute Gasteiger partial charge is 0.0987 e. The molecule has 0 N–H and O–H groups in total. The molecule has 4 heteroatoms. The highest BCUT2D eigenvalue weighted by molar-refractivity contribution is 9.41. The van der Waals surface area contributed by atoms with E-state index >= 15 is 0 Å². The third-order valence-electron chi connectivity index (χ3n) is 1.45. The highest BCUT2D eigenvalue weighted by Gasteiger charge is 2.30. The molecule has 0 saturated heterocycles. The predicted molar refractivity (Wildman–Crippen MR) is 71.1 cm³/mol. The molecule has 0 aromatic carbocycles. The van der Waals surface area contributed by atoms with E-state index in [-0.39, 0.29) is 11.1 Å². The molecule has 0 fully saturated rings. The first-order valence-corrected chi connectivity index (χ1v) is 6.68. The van der Waals surface area contributed by atoms with Gasteiger partial charge in [0.05, 0.1) is 3.11 Å². The van der Waals surface area contributed by atoms with Gasteiger partial charge in [0.15, 0.2) is 0 Å². The molecule has 78 valence electrons. The van der Waals surface area contributed by atoms with Crippen molar-refractivity contribution in [3.05, 3.63) is 0 Å². The molecule has 0 heterocycles.